The van der Waals surface area contributed by atoms with Crippen LogP contribution >= 0.6 is 0 Å². The molecule has 5 nitrogen and oxygen atoms in total. The fourth-order valence-corrected chi connectivity index (χ4v) is 1.39. The van der Waals surface area contributed by atoms with E-state index in [9.17, 15) is 9.59 Å². The quantitative estimate of drug-likeness (QED) is 0.360. The van der Waals surface area contributed by atoms with Gasteiger partial charge in [-0.15, -0.1) is 0 Å². The molecule has 0 aliphatic heterocycles. The van der Waals surface area contributed by atoms with Gasteiger partial charge in [-0.2, -0.15) is 0 Å². The van der Waals surface area contributed by atoms with Crippen LogP contribution in [0.3, 0.4) is 0 Å². The molecule has 0 aliphatic rings. The molecule has 106 valence electrons. The number of hydrogen-bond donors (Lipinski definition) is 0. The average molecular weight is 260 g/mol. The van der Waals surface area contributed by atoms with Crippen LogP contribution in [0, 0.1) is 5.41 Å². The van der Waals surface area contributed by atoms with Crippen molar-refractivity contribution in [2.24, 2.45) is 5.41 Å². The first-order valence-corrected chi connectivity index (χ1v) is 6.45. The molecule has 0 amide bonds. The highest BCUT2D eigenvalue weighted by molar-refractivity contribution is 5.99. The van der Waals surface area contributed by atoms with E-state index in [-0.39, 0.29) is 19.6 Å². The van der Waals surface area contributed by atoms with Gasteiger partial charge >= 0.3 is 11.9 Å². The molecular formula is C13H24O5. The highest BCUT2D eigenvalue weighted by atomic mass is 16.6. The Morgan fingerprint density at radius 1 is 0.944 bits per heavy atom. The van der Waals surface area contributed by atoms with Crippen molar-refractivity contribution in [3.05, 3.63) is 0 Å². The molecule has 0 rings (SSSR count). The topological polar surface area (TPSA) is 61.8 Å². The number of carbonyl (C=O) groups excluding carboxylic acids is 2. The Morgan fingerprint density at radius 2 is 1.44 bits per heavy atom. The average Bonchev–Trinajstić information content (AvgIpc) is 2.35. The first-order chi connectivity index (χ1) is 8.52. The van der Waals surface area contributed by atoms with Crippen molar-refractivity contribution in [3.8, 4) is 0 Å². The van der Waals surface area contributed by atoms with E-state index in [0.29, 0.717) is 13.2 Å². The summed E-state index contributed by atoms with van der Waals surface area (Å²) >= 11 is 0. The Kier molecular flexibility index (Phi) is 8.37. The van der Waals surface area contributed by atoms with Crippen molar-refractivity contribution >= 4 is 11.9 Å². The van der Waals surface area contributed by atoms with E-state index in [1.165, 1.54) is 6.92 Å². The molecule has 0 N–H and O–H groups in total. The van der Waals surface area contributed by atoms with Crippen LogP contribution < -0.4 is 0 Å². The number of rotatable bonds is 9. The van der Waals surface area contributed by atoms with Crippen molar-refractivity contribution in [1.29, 1.82) is 0 Å². The molecule has 18 heavy (non-hydrogen) atoms. The number of carbonyl (C=O) groups is 2. The van der Waals surface area contributed by atoms with Crippen molar-refractivity contribution in [2.75, 3.05) is 26.4 Å². The summed E-state index contributed by atoms with van der Waals surface area (Å²) in [6, 6.07) is 0. The Morgan fingerprint density at radius 3 is 1.83 bits per heavy atom. The van der Waals surface area contributed by atoms with Crippen LogP contribution in [0.4, 0.5) is 0 Å². The molecule has 0 saturated carbocycles. The summed E-state index contributed by atoms with van der Waals surface area (Å²) < 4.78 is 15.2. The summed E-state index contributed by atoms with van der Waals surface area (Å²) in [6.07, 6.45) is 1.17. The fraction of sp³-hybridized carbons (Fsp3) is 0.846. The van der Waals surface area contributed by atoms with E-state index in [2.05, 4.69) is 0 Å². The van der Waals surface area contributed by atoms with E-state index in [0.717, 1.165) is 6.42 Å². The van der Waals surface area contributed by atoms with Crippen molar-refractivity contribution < 1.29 is 23.8 Å². The maximum Gasteiger partial charge on any atom is 0.323 e. The molecule has 0 aromatic carbocycles. The Hall–Kier alpha value is -1.10. The van der Waals surface area contributed by atoms with Crippen LogP contribution in [0.2, 0.25) is 0 Å². The maximum atomic E-state index is 11.9. The molecule has 0 fully saturated rings. The van der Waals surface area contributed by atoms with Crippen LogP contribution in [0.15, 0.2) is 0 Å². The molecule has 0 radical (unpaired) electrons. The SMILES string of the molecule is CCCOCCC(C)(C(=O)OCC)C(=O)OCC. The zero-order valence-electron chi connectivity index (χ0n) is 11.8. The smallest absolute Gasteiger partial charge is 0.323 e. The first-order valence-electron chi connectivity index (χ1n) is 6.45. The lowest BCUT2D eigenvalue weighted by Crippen LogP contribution is -2.40. The van der Waals surface area contributed by atoms with Gasteiger partial charge in [-0.25, -0.2) is 0 Å². The predicted molar refractivity (Wildman–Crippen MR) is 67.1 cm³/mol. The third-order valence-electron chi connectivity index (χ3n) is 2.55. The molecule has 0 aliphatic carbocycles. The second-order valence-corrected chi connectivity index (χ2v) is 4.14. The van der Waals surface area contributed by atoms with Gasteiger partial charge in [-0.3, -0.25) is 9.59 Å². The second-order valence-electron chi connectivity index (χ2n) is 4.14. The Balaban J connectivity index is 4.58. The molecule has 0 bridgehead atoms. The summed E-state index contributed by atoms with van der Waals surface area (Å²) in [6.45, 7) is 8.37. The Labute approximate surface area is 109 Å². The van der Waals surface area contributed by atoms with Crippen LogP contribution in [0.5, 0.6) is 0 Å². The number of hydrogen-bond acceptors (Lipinski definition) is 5. The molecule has 0 aromatic rings. The van der Waals surface area contributed by atoms with Gasteiger partial charge in [0.05, 0.1) is 13.2 Å². The third-order valence-corrected chi connectivity index (χ3v) is 2.55. The van der Waals surface area contributed by atoms with E-state index in [4.69, 9.17) is 14.2 Å². The van der Waals surface area contributed by atoms with Crippen molar-refractivity contribution in [3.63, 3.8) is 0 Å². The maximum absolute atomic E-state index is 11.9. The van der Waals surface area contributed by atoms with Crippen LogP contribution in [-0.4, -0.2) is 38.4 Å². The lowest BCUT2D eigenvalue weighted by atomic mass is 9.87. The fourth-order valence-electron chi connectivity index (χ4n) is 1.39. The normalized spacial score (nSPS) is 11.1. The largest absolute Gasteiger partial charge is 0.465 e. The molecule has 5 heteroatoms. The zero-order chi connectivity index (χ0) is 14.0. The summed E-state index contributed by atoms with van der Waals surface area (Å²) in [7, 11) is 0. The van der Waals surface area contributed by atoms with Gasteiger partial charge in [0.2, 0.25) is 0 Å². The molecule has 0 heterocycles. The highest BCUT2D eigenvalue weighted by Gasteiger charge is 2.43. The summed E-state index contributed by atoms with van der Waals surface area (Å²) in [5, 5.41) is 0. The van der Waals surface area contributed by atoms with E-state index < -0.39 is 17.4 Å². The molecule has 0 saturated heterocycles. The lowest BCUT2D eigenvalue weighted by Gasteiger charge is -2.24. The molecular weight excluding hydrogens is 236 g/mol. The van der Waals surface area contributed by atoms with Crippen molar-refractivity contribution in [1.82, 2.24) is 0 Å². The third kappa shape index (κ3) is 5.04. The monoisotopic (exact) mass is 260 g/mol. The van der Waals surface area contributed by atoms with E-state index in [1.807, 2.05) is 6.92 Å². The summed E-state index contributed by atoms with van der Waals surface area (Å²) in [5.41, 5.74) is -1.28. The number of ether oxygens (including phenoxy) is 3. The van der Waals surface area contributed by atoms with Crippen LogP contribution in [-0.2, 0) is 23.8 Å². The first kappa shape index (κ1) is 16.9. The van der Waals surface area contributed by atoms with Crippen LogP contribution in [0.1, 0.15) is 40.5 Å². The standard InChI is InChI=1S/C13H24O5/c1-5-9-16-10-8-13(4,11(14)17-6-2)12(15)18-7-3/h5-10H2,1-4H3. The number of esters is 2. The van der Waals surface area contributed by atoms with Gasteiger partial charge in [-0.05, 0) is 33.6 Å². The van der Waals surface area contributed by atoms with Crippen molar-refractivity contribution in [2.45, 2.75) is 40.5 Å². The zero-order valence-corrected chi connectivity index (χ0v) is 11.8. The van der Waals surface area contributed by atoms with Gasteiger partial charge in [0.1, 0.15) is 0 Å². The van der Waals surface area contributed by atoms with Gasteiger partial charge in [-0.1, -0.05) is 6.92 Å². The van der Waals surface area contributed by atoms with Gasteiger partial charge < -0.3 is 14.2 Å². The second kappa shape index (κ2) is 8.91. The van der Waals surface area contributed by atoms with Crippen LogP contribution in [0.25, 0.3) is 0 Å². The molecule has 0 spiro atoms. The minimum absolute atomic E-state index is 0.240. The molecule has 0 unspecified atom stereocenters. The predicted octanol–water partition coefficient (Wildman–Crippen LogP) is 1.94. The van der Waals surface area contributed by atoms with Gasteiger partial charge in [0, 0.05) is 13.2 Å². The van der Waals surface area contributed by atoms with Gasteiger partial charge in [0.15, 0.2) is 5.41 Å². The summed E-state index contributed by atoms with van der Waals surface area (Å²) in [4.78, 5) is 23.7. The van der Waals surface area contributed by atoms with E-state index >= 15 is 0 Å². The lowest BCUT2D eigenvalue weighted by molar-refractivity contribution is -0.172. The highest BCUT2D eigenvalue weighted by Crippen LogP contribution is 2.25. The molecule has 0 atom stereocenters. The minimum atomic E-state index is -1.28. The summed E-state index contributed by atoms with van der Waals surface area (Å²) in [5.74, 6) is -1.10. The van der Waals surface area contributed by atoms with Gasteiger partial charge in [0.25, 0.3) is 0 Å². The Bertz CT molecular complexity index is 244. The van der Waals surface area contributed by atoms with E-state index in [1.54, 1.807) is 13.8 Å². The minimum Gasteiger partial charge on any atom is -0.465 e. The molecule has 0 aromatic heterocycles.